The number of benzene rings is 3. The second kappa shape index (κ2) is 9.75. The van der Waals surface area contributed by atoms with Crippen LogP contribution in [0.2, 0.25) is 5.02 Å². The van der Waals surface area contributed by atoms with Crippen LogP contribution in [0.4, 0.5) is 21.9 Å². The number of ether oxygens (including phenoxy) is 1. The fourth-order valence-electron chi connectivity index (χ4n) is 3.49. The summed E-state index contributed by atoms with van der Waals surface area (Å²) >= 11 is 6.66. The molecule has 5 nitrogen and oxygen atoms in total. The molecular weight excluding hydrogens is 410 g/mol. The Morgan fingerprint density at radius 1 is 0.839 bits per heavy atom. The standard InChI is InChI=1S/C25H28ClN3O2/c1-28(2)20-11-6-17(7-12-20)24(18-8-13-21(14-9-18)29(3)4)22-16-19(10-15-23(22)26)27-25(30)31-5/h6-16,24H,1-5H3,(H,27,30). The first-order valence-corrected chi connectivity index (χ1v) is 10.4. The van der Waals surface area contributed by atoms with Gasteiger partial charge in [-0.2, -0.15) is 0 Å². The van der Waals surface area contributed by atoms with E-state index in [1.54, 1.807) is 12.1 Å². The third-order valence-corrected chi connectivity index (χ3v) is 5.57. The number of rotatable bonds is 6. The molecule has 0 aliphatic heterocycles. The molecule has 1 N–H and O–H groups in total. The van der Waals surface area contributed by atoms with Crippen molar-refractivity contribution in [1.82, 2.24) is 0 Å². The highest BCUT2D eigenvalue weighted by Crippen LogP contribution is 2.38. The first kappa shape index (κ1) is 22.5. The lowest BCUT2D eigenvalue weighted by Gasteiger charge is -2.23. The molecule has 3 rings (SSSR count). The van der Waals surface area contributed by atoms with Crippen LogP contribution >= 0.6 is 11.6 Å². The predicted molar refractivity (Wildman–Crippen MR) is 130 cm³/mol. The SMILES string of the molecule is COC(=O)Nc1ccc(Cl)c(C(c2ccc(N(C)C)cc2)c2ccc(N(C)C)cc2)c1. The molecule has 162 valence electrons. The molecule has 0 saturated heterocycles. The van der Waals surface area contributed by atoms with E-state index in [9.17, 15) is 4.79 Å². The van der Waals surface area contributed by atoms with E-state index in [0.717, 1.165) is 28.1 Å². The number of carbonyl (C=O) groups is 1. The number of hydrogen-bond donors (Lipinski definition) is 1. The molecule has 0 unspecified atom stereocenters. The molecule has 3 aromatic rings. The summed E-state index contributed by atoms with van der Waals surface area (Å²) in [5.74, 6) is -0.0979. The van der Waals surface area contributed by atoms with Crippen LogP contribution in [0.15, 0.2) is 66.7 Å². The number of amides is 1. The second-order valence-electron chi connectivity index (χ2n) is 7.76. The average Bonchev–Trinajstić information content (AvgIpc) is 2.76. The van der Waals surface area contributed by atoms with Crippen LogP contribution in [-0.4, -0.2) is 41.4 Å². The van der Waals surface area contributed by atoms with Crippen LogP contribution in [0.1, 0.15) is 22.6 Å². The maximum absolute atomic E-state index is 11.7. The Labute approximate surface area is 189 Å². The van der Waals surface area contributed by atoms with Gasteiger partial charge in [0.15, 0.2) is 0 Å². The summed E-state index contributed by atoms with van der Waals surface area (Å²) in [6.45, 7) is 0. The molecule has 0 spiro atoms. The highest BCUT2D eigenvalue weighted by molar-refractivity contribution is 6.31. The van der Waals surface area contributed by atoms with Crippen molar-refractivity contribution in [3.63, 3.8) is 0 Å². The molecular formula is C25H28ClN3O2. The summed E-state index contributed by atoms with van der Waals surface area (Å²) in [5.41, 5.74) is 6.01. The van der Waals surface area contributed by atoms with Gasteiger partial charge in [-0.1, -0.05) is 35.9 Å². The molecule has 6 heteroatoms. The third-order valence-electron chi connectivity index (χ3n) is 5.22. The van der Waals surface area contributed by atoms with Gasteiger partial charge in [0.1, 0.15) is 0 Å². The summed E-state index contributed by atoms with van der Waals surface area (Å²) in [7, 11) is 9.42. The topological polar surface area (TPSA) is 44.8 Å². The second-order valence-corrected chi connectivity index (χ2v) is 8.17. The summed E-state index contributed by atoms with van der Waals surface area (Å²) in [4.78, 5) is 15.9. The number of halogens is 1. The highest BCUT2D eigenvalue weighted by atomic mass is 35.5. The zero-order valence-corrected chi connectivity index (χ0v) is 19.3. The Balaban J connectivity index is 2.11. The van der Waals surface area contributed by atoms with Crippen molar-refractivity contribution in [2.75, 3.05) is 50.4 Å². The Morgan fingerprint density at radius 3 is 1.74 bits per heavy atom. The third kappa shape index (κ3) is 5.30. The minimum Gasteiger partial charge on any atom is -0.453 e. The van der Waals surface area contributed by atoms with E-state index < -0.39 is 6.09 Å². The number of anilines is 3. The van der Waals surface area contributed by atoms with Crippen molar-refractivity contribution in [3.8, 4) is 0 Å². The zero-order valence-electron chi connectivity index (χ0n) is 18.5. The van der Waals surface area contributed by atoms with Gasteiger partial charge in [-0.15, -0.1) is 0 Å². The fourth-order valence-corrected chi connectivity index (χ4v) is 3.72. The Kier molecular flexibility index (Phi) is 7.08. The van der Waals surface area contributed by atoms with Crippen molar-refractivity contribution in [2.45, 2.75) is 5.92 Å². The molecule has 31 heavy (non-hydrogen) atoms. The van der Waals surface area contributed by atoms with Gasteiger partial charge in [0, 0.05) is 56.2 Å². The largest absolute Gasteiger partial charge is 0.453 e. The smallest absolute Gasteiger partial charge is 0.411 e. The monoisotopic (exact) mass is 437 g/mol. The first-order chi connectivity index (χ1) is 14.8. The molecule has 0 saturated carbocycles. The summed E-state index contributed by atoms with van der Waals surface area (Å²) in [5, 5.41) is 3.37. The molecule has 0 aliphatic rings. The quantitative estimate of drug-likeness (QED) is 0.493. The van der Waals surface area contributed by atoms with Crippen molar-refractivity contribution >= 4 is 34.8 Å². The average molecular weight is 438 g/mol. The summed E-state index contributed by atoms with van der Waals surface area (Å²) < 4.78 is 4.73. The maximum atomic E-state index is 11.7. The molecule has 0 fully saturated rings. The summed E-state index contributed by atoms with van der Waals surface area (Å²) in [6, 6.07) is 22.4. The van der Waals surface area contributed by atoms with Crippen LogP contribution in [0.5, 0.6) is 0 Å². The number of hydrogen-bond acceptors (Lipinski definition) is 4. The molecule has 0 heterocycles. The van der Waals surface area contributed by atoms with Gasteiger partial charge in [0.2, 0.25) is 0 Å². The molecule has 0 radical (unpaired) electrons. The zero-order chi connectivity index (χ0) is 22.5. The lowest BCUT2D eigenvalue weighted by Crippen LogP contribution is -2.12. The fraction of sp³-hybridized carbons (Fsp3) is 0.240. The van der Waals surface area contributed by atoms with E-state index >= 15 is 0 Å². The van der Waals surface area contributed by atoms with E-state index in [0.29, 0.717) is 10.7 Å². The number of nitrogens with zero attached hydrogens (tertiary/aromatic N) is 2. The van der Waals surface area contributed by atoms with Gasteiger partial charge in [0.25, 0.3) is 0 Å². The molecule has 3 aromatic carbocycles. The molecule has 0 bridgehead atoms. The van der Waals surface area contributed by atoms with Crippen molar-refractivity contribution in [2.24, 2.45) is 0 Å². The molecule has 0 aliphatic carbocycles. The van der Waals surface area contributed by atoms with E-state index in [1.165, 1.54) is 7.11 Å². The van der Waals surface area contributed by atoms with Crippen molar-refractivity contribution in [3.05, 3.63) is 88.4 Å². The predicted octanol–water partition coefficient (Wildman–Crippen LogP) is 5.83. The van der Waals surface area contributed by atoms with E-state index in [-0.39, 0.29) is 5.92 Å². The van der Waals surface area contributed by atoms with Gasteiger partial charge in [0.05, 0.1) is 7.11 Å². The normalized spacial score (nSPS) is 10.7. The lowest BCUT2D eigenvalue weighted by molar-refractivity contribution is 0.187. The Morgan fingerprint density at radius 2 is 1.32 bits per heavy atom. The number of carbonyl (C=O) groups excluding carboxylic acids is 1. The van der Waals surface area contributed by atoms with Gasteiger partial charge < -0.3 is 14.5 Å². The van der Waals surface area contributed by atoms with Crippen LogP contribution in [0.3, 0.4) is 0 Å². The molecule has 1 amide bonds. The summed E-state index contributed by atoms with van der Waals surface area (Å²) in [6.07, 6.45) is -0.518. The van der Waals surface area contributed by atoms with Crippen LogP contribution in [-0.2, 0) is 4.74 Å². The molecule has 0 aromatic heterocycles. The highest BCUT2D eigenvalue weighted by Gasteiger charge is 2.21. The minimum atomic E-state index is -0.518. The van der Waals surface area contributed by atoms with Crippen molar-refractivity contribution in [1.29, 1.82) is 0 Å². The van der Waals surface area contributed by atoms with Gasteiger partial charge in [-0.3, -0.25) is 5.32 Å². The minimum absolute atomic E-state index is 0.0979. The Hall–Kier alpha value is -3.18. The van der Waals surface area contributed by atoms with Crippen molar-refractivity contribution < 1.29 is 9.53 Å². The van der Waals surface area contributed by atoms with E-state index in [2.05, 4.69) is 63.6 Å². The lowest BCUT2D eigenvalue weighted by atomic mass is 9.84. The van der Waals surface area contributed by atoms with Crippen LogP contribution in [0.25, 0.3) is 0 Å². The van der Waals surface area contributed by atoms with E-state index in [1.807, 2.05) is 34.3 Å². The van der Waals surface area contributed by atoms with E-state index in [4.69, 9.17) is 16.3 Å². The van der Waals surface area contributed by atoms with Gasteiger partial charge in [-0.05, 0) is 59.2 Å². The number of methoxy groups -OCH3 is 1. The maximum Gasteiger partial charge on any atom is 0.411 e. The van der Waals surface area contributed by atoms with Gasteiger partial charge in [-0.25, -0.2) is 4.79 Å². The number of nitrogens with one attached hydrogen (secondary N) is 1. The Bertz CT molecular complexity index is 980. The first-order valence-electron chi connectivity index (χ1n) is 9.99. The molecule has 0 atom stereocenters. The van der Waals surface area contributed by atoms with Crippen LogP contribution in [0, 0.1) is 0 Å². The van der Waals surface area contributed by atoms with Gasteiger partial charge >= 0.3 is 6.09 Å². The van der Waals surface area contributed by atoms with Crippen LogP contribution < -0.4 is 15.1 Å².